The Balaban J connectivity index is 2.42. The van der Waals surface area contributed by atoms with Gasteiger partial charge in [-0.3, -0.25) is 4.79 Å². The SMILES string of the molecule is CCCOCCOC(=O)Cn1nnc(C(=O)OC)c1N. The van der Waals surface area contributed by atoms with Crippen molar-refractivity contribution < 1.29 is 23.8 Å². The average molecular weight is 286 g/mol. The van der Waals surface area contributed by atoms with E-state index in [0.717, 1.165) is 11.1 Å². The zero-order valence-electron chi connectivity index (χ0n) is 11.5. The molecule has 0 aliphatic heterocycles. The van der Waals surface area contributed by atoms with Crippen molar-refractivity contribution in [1.29, 1.82) is 0 Å². The van der Waals surface area contributed by atoms with Gasteiger partial charge in [0, 0.05) is 6.61 Å². The Labute approximate surface area is 116 Å². The largest absolute Gasteiger partial charge is 0.464 e. The molecule has 9 heteroatoms. The molecule has 0 aliphatic rings. The number of methoxy groups -OCH3 is 1. The second kappa shape index (κ2) is 8.10. The Bertz CT molecular complexity index is 460. The third kappa shape index (κ3) is 4.50. The van der Waals surface area contributed by atoms with Crippen LogP contribution in [0.4, 0.5) is 5.82 Å². The van der Waals surface area contributed by atoms with Crippen molar-refractivity contribution in [3.63, 3.8) is 0 Å². The summed E-state index contributed by atoms with van der Waals surface area (Å²) in [6.45, 7) is 2.86. The van der Waals surface area contributed by atoms with Crippen LogP contribution in [0.5, 0.6) is 0 Å². The maximum absolute atomic E-state index is 11.5. The topological polar surface area (TPSA) is 119 Å². The predicted octanol–water partition coefficient (Wildman–Crippen LogP) is -0.383. The quantitative estimate of drug-likeness (QED) is 0.507. The van der Waals surface area contributed by atoms with Crippen LogP contribution in [0.2, 0.25) is 0 Å². The summed E-state index contributed by atoms with van der Waals surface area (Å²) in [5.41, 5.74) is 5.49. The van der Waals surface area contributed by atoms with Crippen LogP contribution in [-0.4, -0.2) is 53.9 Å². The van der Waals surface area contributed by atoms with Gasteiger partial charge in [-0.1, -0.05) is 12.1 Å². The maximum Gasteiger partial charge on any atom is 0.362 e. The Morgan fingerprint density at radius 3 is 2.70 bits per heavy atom. The number of hydrogen-bond acceptors (Lipinski definition) is 8. The lowest BCUT2D eigenvalue weighted by Crippen LogP contribution is -2.19. The van der Waals surface area contributed by atoms with Crippen LogP contribution in [0.3, 0.4) is 0 Å². The van der Waals surface area contributed by atoms with E-state index in [1.54, 1.807) is 0 Å². The number of nitrogen functional groups attached to an aromatic ring is 1. The van der Waals surface area contributed by atoms with Crippen LogP contribution in [-0.2, 0) is 25.5 Å². The Morgan fingerprint density at radius 1 is 1.30 bits per heavy atom. The Kier molecular flexibility index (Phi) is 6.44. The molecule has 0 atom stereocenters. The fourth-order valence-electron chi connectivity index (χ4n) is 1.31. The smallest absolute Gasteiger partial charge is 0.362 e. The van der Waals surface area contributed by atoms with Crippen LogP contribution in [0.25, 0.3) is 0 Å². The molecule has 0 spiro atoms. The standard InChI is InChI=1S/C11H18N4O5/c1-3-4-19-5-6-20-8(16)7-15-10(12)9(13-14-15)11(17)18-2/h3-7,12H2,1-2H3. The van der Waals surface area contributed by atoms with Crippen molar-refractivity contribution in [2.75, 3.05) is 32.7 Å². The van der Waals surface area contributed by atoms with Gasteiger partial charge in [-0.25, -0.2) is 9.48 Å². The van der Waals surface area contributed by atoms with Gasteiger partial charge in [-0.15, -0.1) is 5.10 Å². The Hall–Kier alpha value is -2.16. The molecule has 9 nitrogen and oxygen atoms in total. The number of esters is 2. The lowest BCUT2D eigenvalue weighted by molar-refractivity contribution is -0.146. The predicted molar refractivity (Wildman–Crippen MR) is 67.8 cm³/mol. The fourth-order valence-corrected chi connectivity index (χ4v) is 1.31. The van der Waals surface area contributed by atoms with Crippen LogP contribution < -0.4 is 5.73 Å². The van der Waals surface area contributed by atoms with Gasteiger partial charge in [0.1, 0.15) is 13.2 Å². The summed E-state index contributed by atoms with van der Waals surface area (Å²) in [7, 11) is 1.20. The molecular weight excluding hydrogens is 268 g/mol. The highest BCUT2D eigenvalue weighted by atomic mass is 16.6. The van der Waals surface area contributed by atoms with Gasteiger partial charge < -0.3 is 19.9 Å². The molecule has 0 aliphatic carbocycles. The van der Waals surface area contributed by atoms with Crippen molar-refractivity contribution in [3.05, 3.63) is 5.69 Å². The average Bonchev–Trinajstić information content (AvgIpc) is 2.79. The van der Waals surface area contributed by atoms with Crippen LogP contribution in [0, 0.1) is 0 Å². The minimum atomic E-state index is -0.713. The van der Waals surface area contributed by atoms with Crippen molar-refractivity contribution in [3.8, 4) is 0 Å². The van der Waals surface area contributed by atoms with Crippen molar-refractivity contribution in [1.82, 2.24) is 15.0 Å². The number of rotatable bonds is 8. The number of nitrogens with two attached hydrogens (primary N) is 1. The number of carbonyl (C=O) groups excluding carboxylic acids is 2. The molecule has 0 saturated carbocycles. The van der Waals surface area contributed by atoms with Crippen LogP contribution >= 0.6 is 0 Å². The van der Waals surface area contributed by atoms with E-state index in [2.05, 4.69) is 15.0 Å². The van der Waals surface area contributed by atoms with Gasteiger partial charge >= 0.3 is 11.9 Å². The monoisotopic (exact) mass is 286 g/mol. The van der Waals surface area contributed by atoms with Gasteiger partial charge in [0.2, 0.25) is 5.69 Å². The van der Waals surface area contributed by atoms with Gasteiger partial charge in [-0.2, -0.15) is 0 Å². The summed E-state index contributed by atoms with van der Waals surface area (Å²) in [4.78, 5) is 22.8. The number of nitrogens with zero attached hydrogens (tertiary/aromatic N) is 3. The van der Waals surface area contributed by atoms with E-state index in [-0.39, 0.29) is 24.7 Å². The Morgan fingerprint density at radius 2 is 2.05 bits per heavy atom. The minimum Gasteiger partial charge on any atom is -0.464 e. The van der Waals surface area contributed by atoms with Crippen LogP contribution in [0.15, 0.2) is 0 Å². The minimum absolute atomic E-state index is 0.0453. The molecule has 0 amide bonds. The number of hydrogen-bond donors (Lipinski definition) is 1. The van der Waals surface area contributed by atoms with E-state index in [0.29, 0.717) is 13.2 Å². The van der Waals surface area contributed by atoms with Gasteiger partial charge in [0.15, 0.2) is 5.82 Å². The number of carbonyl (C=O) groups is 2. The third-order valence-electron chi connectivity index (χ3n) is 2.27. The molecule has 0 unspecified atom stereocenters. The van der Waals surface area contributed by atoms with Gasteiger partial charge in [0.05, 0.1) is 13.7 Å². The van der Waals surface area contributed by atoms with Gasteiger partial charge in [-0.05, 0) is 6.42 Å². The molecule has 1 aromatic rings. The van der Waals surface area contributed by atoms with E-state index < -0.39 is 11.9 Å². The highest BCUT2D eigenvalue weighted by Crippen LogP contribution is 2.08. The first kappa shape index (κ1) is 15.9. The molecule has 0 saturated heterocycles. The third-order valence-corrected chi connectivity index (χ3v) is 2.27. The summed E-state index contributed by atoms with van der Waals surface area (Å²) in [6, 6.07) is 0. The van der Waals surface area contributed by atoms with Crippen molar-refractivity contribution >= 4 is 17.8 Å². The molecule has 112 valence electrons. The molecule has 1 rings (SSSR count). The fraction of sp³-hybridized carbons (Fsp3) is 0.636. The summed E-state index contributed by atoms with van der Waals surface area (Å²) in [5, 5.41) is 7.13. The maximum atomic E-state index is 11.5. The highest BCUT2D eigenvalue weighted by molar-refractivity contribution is 5.91. The zero-order valence-corrected chi connectivity index (χ0v) is 11.5. The van der Waals surface area contributed by atoms with Crippen LogP contribution in [0.1, 0.15) is 23.8 Å². The molecule has 0 fully saturated rings. The molecule has 0 radical (unpaired) electrons. The molecule has 20 heavy (non-hydrogen) atoms. The second-order valence-corrected chi connectivity index (χ2v) is 3.81. The molecular formula is C11H18N4O5. The summed E-state index contributed by atoms with van der Waals surface area (Å²) < 4.78 is 15.6. The van der Waals surface area contributed by atoms with E-state index in [4.69, 9.17) is 15.2 Å². The first-order valence-electron chi connectivity index (χ1n) is 6.10. The van der Waals surface area contributed by atoms with E-state index in [9.17, 15) is 9.59 Å². The van der Waals surface area contributed by atoms with Gasteiger partial charge in [0.25, 0.3) is 0 Å². The summed E-state index contributed by atoms with van der Waals surface area (Å²) >= 11 is 0. The molecule has 0 aromatic carbocycles. The molecule has 1 heterocycles. The van der Waals surface area contributed by atoms with E-state index >= 15 is 0 Å². The number of aromatic nitrogens is 3. The lowest BCUT2D eigenvalue weighted by Gasteiger charge is -2.06. The summed E-state index contributed by atoms with van der Waals surface area (Å²) in [5.74, 6) is -1.30. The van der Waals surface area contributed by atoms with Crippen molar-refractivity contribution in [2.24, 2.45) is 0 Å². The second-order valence-electron chi connectivity index (χ2n) is 3.81. The van der Waals surface area contributed by atoms with E-state index in [1.165, 1.54) is 7.11 Å². The lowest BCUT2D eigenvalue weighted by atomic mass is 10.4. The number of anilines is 1. The molecule has 2 N–H and O–H groups in total. The van der Waals surface area contributed by atoms with E-state index in [1.807, 2.05) is 6.92 Å². The number of ether oxygens (including phenoxy) is 3. The van der Waals surface area contributed by atoms with Crippen molar-refractivity contribution in [2.45, 2.75) is 19.9 Å². The first-order chi connectivity index (χ1) is 9.60. The normalized spacial score (nSPS) is 10.3. The highest BCUT2D eigenvalue weighted by Gasteiger charge is 2.19. The zero-order chi connectivity index (χ0) is 15.0. The summed E-state index contributed by atoms with van der Waals surface area (Å²) in [6.07, 6.45) is 0.903. The molecule has 0 bridgehead atoms. The first-order valence-corrected chi connectivity index (χ1v) is 6.10. The molecule has 1 aromatic heterocycles.